The van der Waals surface area contributed by atoms with E-state index in [1.165, 1.54) is 0 Å². The molecule has 0 unspecified atom stereocenters. The van der Waals surface area contributed by atoms with Crippen molar-refractivity contribution >= 4 is 17.7 Å². The summed E-state index contributed by atoms with van der Waals surface area (Å²) in [5, 5.41) is 3.10. The van der Waals surface area contributed by atoms with Gasteiger partial charge in [0.1, 0.15) is 17.5 Å². The van der Waals surface area contributed by atoms with Crippen LogP contribution in [0.25, 0.3) is 5.69 Å². The SMILES string of the molecule is Cc1cn(-c2cc(CN3CC[C@H](N(C)C(=O)OC(C)(C)C)C3)cc(NC(=O)c3ccc(C)c(O[C@@H]4CCOC4)c3)c2)cn1. The summed E-state index contributed by atoms with van der Waals surface area (Å²) in [7, 11) is 1.81. The van der Waals surface area contributed by atoms with Gasteiger partial charge in [-0.25, -0.2) is 9.78 Å². The third kappa shape index (κ3) is 7.94. The third-order valence-corrected chi connectivity index (χ3v) is 7.76. The molecule has 1 N–H and O–H groups in total. The Morgan fingerprint density at radius 2 is 1.95 bits per heavy atom. The zero-order valence-electron chi connectivity index (χ0n) is 26.1. The highest BCUT2D eigenvalue weighted by Gasteiger charge is 2.31. The van der Waals surface area contributed by atoms with Crippen molar-refractivity contribution in [3.05, 3.63) is 71.3 Å². The zero-order valence-corrected chi connectivity index (χ0v) is 26.1. The number of nitrogens with one attached hydrogen (secondary N) is 1. The fourth-order valence-corrected chi connectivity index (χ4v) is 5.42. The van der Waals surface area contributed by atoms with E-state index in [2.05, 4.69) is 21.3 Å². The normalized spacial score (nSPS) is 18.9. The summed E-state index contributed by atoms with van der Waals surface area (Å²) in [4.78, 5) is 34.5. The van der Waals surface area contributed by atoms with Gasteiger partial charge in [0.15, 0.2) is 0 Å². The summed E-state index contributed by atoms with van der Waals surface area (Å²) in [5.74, 6) is 0.490. The van der Waals surface area contributed by atoms with E-state index in [1.807, 2.05) is 69.6 Å². The number of ether oxygens (including phenoxy) is 3. The molecule has 1 aromatic heterocycles. The van der Waals surface area contributed by atoms with Crippen molar-refractivity contribution in [2.75, 3.05) is 38.7 Å². The fourth-order valence-electron chi connectivity index (χ4n) is 5.42. The Morgan fingerprint density at radius 1 is 1.14 bits per heavy atom. The maximum Gasteiger partial charge on any atom is 0.410 e. The van der Waals surface area contributed by atoms with Crippen LogP contribution >= 0.6 is 0 Å². The molecule has 2 aromatic carbocycles. The number of nitrogens with zero attached hydrogens (tertiary/aromatic N) is 4. The standard InChI is InChI=1S/C33H43N5O5/c1-22-7-8-25(15-30(22)42-29-10-12-41-20-29)31(39)35-26-13-24(14-28(16-26)38-17-23(2)34-21-38)18-37-11-9-27(19-37)36(6)32(40)43-33(3,4)5/h7-8,13-17,21,27,29H,9-12,18-20H2,1-6H3,(H,35,39)/t27-,29+/m0/s1. The smallest absolute Gasteiger partial charge is 0.410 e. The van der Waals surface area contributed by atoms with Gasteiger partial charge in [-0.05, 0) is 82.5 Å². The van der Waals surface area contributed by atoms with E-state index in [4.69, 9.17) is 14.2 Å². The Balaban J connectivity index is 1.32. The number of imidazole rings is 1. The van der Waals surface area contributed by atoms with Crippen molar-refractivity contribution in [3.63, 3.8) is 0 Å². The van der Waals surface area contributed by atoms with E-state index in [0.29, 0.717) is 36.8 Å². The predicted molar refractivity (Wildman–Crippen MR) is 165 cm³/mol. The van der Waals surface area contributed by atoms with Gasteiger partial charge < -0.3 is 29.0 Å². The van der Waals surface area contributed by atoms with Gasteiger partial charge in [0.2, 0.25) is 0 Å². The summed E-state index contributed by atoms with van der Waals surface area (Å²) in [6.07, 6.45) is 5.14. The second kappa shape index (κ2) is 12.8. The minimum Gasteiger partial charge on any atom is -0.488 e. The van der Waals surface area contributed by atoms with Crippen molar-refractivity contribution < 1.29 is 23.8 Å². The molecule has 0 aliphatic carbocycles. The lowest BCUT2D eigenvalue weighted by Gasteiger charge is -2.28. The highest BCUT2D eigenvalue weighted by molar-refractivity contribution is 6.04. The summed E-state index contributed by atoms with van der Waals surface area (Å²) in [6, 6.07) is 11.7. The van der Waals surface area contributed by atoms with Crippen molar-refractivity contribution in [1.82, 2.24) is 19.4 Å². The molecule has 10 heteroatoms. The third-order valence-electron chi connectivity index (χ3n) is 7.76. The lowest BCUT2D eigenvalue weighted by molar-refractivity contribution is 0.0228. The number of carbonyl (C=O) groups excluding carboxylic acids is 2. The van der Waals surface area contributed by atoms with Crippen molar-refractivity contribution in [1.29, 1.82) is 0 Å². The molecule has 0 radical (unpaired) electrons. The van der Waals surface area contributed by atoms with Crippen molar-refractivity contribution in [2.24, 2.45) is 0 Å². The van der Waals surface area contributed by atoms with Crippen LogP contribution in [0.4, 0.5) is 10.5 Å². The monoisotopic (exact) mass is 589 g/mol. The number of amides is 2. The molecule has 3 aromatic rings. The molecule has 2 fully saturated rings. The molecule has 2 aliphatic heterocycles. The van der Waals surface area contributed by atoms with E-state index in [9.17, 15) is 9.59 Å². The molecule has 3 heterocycles. The second-order valence-corrected chi connectivity index (χ2v) is 12.6. The molecule has 0 spiro atoms. The summed E-state index contributed by atoms with van der Waals surface area (Å²) >= 11 is 0. The minimum absolute atomic E-state index is 0.00370. The van der Waals surface area contributed by atoms with E-state index < -0.39 is 5.60 Å². The van der Waals surface area contributed by atoms with Crippen LogP contribution in [0, 0.1) is 13.8 Å². The number of aromatic nitrogens is 2. The van der Waals surface area contributed by atoms with Crippen LogP contribution in [0.2, 0.25) is 0 Å². The van der Waals surface area contributed by atoms with Crippen LogP contribution in [0.3, 0.4) is 0 Å². The average molecular weight is 590 g/mol. The van der Waals surface area contributed by atoms with Gasteiger partial charge >= 0.3 is 6.09 Å². The molecule has 2 aliphatic rings. The maximum absolute atomic E-state index is 13.4. The van der Waals surface area contributed by atoms with Gasteiger partial charge in [0.05, 0.1) is 25.2 Å². The summed E-state index contributed by atoms with van der Waals surface area (Å²) < 4.78 is 19.1. The molecule has 5 rings (SSSR count). The number of rotatable bonds is 8. The highest BCUT2D eigenvalue weighted by Crippen LogP contribution is 2.26. The van der Waals surface area contributed by atoms with Gasteiger partial charge in [-0.15, -0.1) is 0 Å². The molecule has 2 saturated heterocycles. The Bertz CT molecular complexity index is 1460. The quantitative estimate of drug-likeness (QED) is 0.378. The number of aryl methyl sites for hydroxylation is 2. The maximum atomic E-state index is 13.4. The van der Waals surface area contributed by atoms with Crippen LogP contribution in [-0.4, -0.2) is 82.4 Å². The lowest BCUT2D eigenvalue weighted by atomic mass is 10.1. The summed E-state index contributed by atoms with van der Waals surface area (Å²) in [6.45, 7) is 13.1. The van der Waals surface area contributed by atoms with Crippen LogP contribution in [-0.2, 0) is 16.0 Å². The van der Waals surface area contributed by atoms with Gasteiger partial charge in [-0.2, -0.15) is 0 Å². The fraction of sp³-hybridized carbons (Fsp3) is 0.485. The molecule has 0 bridgehead atoms. The Hall–Kier alpha value is -3.89. The Kier molecular flexibility index (Phi) is 9.08. The summed E-state index contributed by atoms with van der Waals surface area (Å²) in [5.41, 5.74) is 4.52. The number of likely N-dealkylation sites (N-methyl/N-ethyl adjacent to an activating group) is 1. The second-order valence-electron chi connectivity index (χ2n) is 12.6. The number of benzene rings is 2. The van der Waals surface area contributed by atoms with E-state index in [0.717, 1.165) is 48.4 Å². The largest absolute Gasteiger partial charge is 0.488 e. The van der Waals surface area contributed by atoms with Gasteiger partial charge in [0.25, 0.3) is 5.91 Å². The molecular formula is C33H43N5O5. The van der Waals surface area contributed by atoms with E-state index in [1.54, 1.807) is 24.3 Å². The van der Waals surface area contributed by atoms with Crippen molar-refractivity contribution in [3.8, 4) is 11.4 Å². The van der Waals surface area contributed by atoms with Gasteiger partial charge in [0, 0.05) is 62.3 Å². The van der Waals surface area contributed by atoms with Crippen LogP contribution in [0.15, 0.2) is 48.9 Å². The van der Waals surface area contributed by atoms with Crippen LogP contribution in [0.5, 0.6) is 5.75 Å². The molecule has 0 saturated carbocycles. The topological polar surface area (TPSA) is 98.2 Å². The van der Waals surface area contributed by atoms with Gasteiger partial charge in [-0.3, -0.25) is 9.69 Å². The Morgan fingerprint density at radius 3 is 2.65 bits per heavy atom. The minimum atomic E-state index is -0.533. The van der Waals surface area contributed by atoms with E-state index >= 15 is 0 Å². The van der Waals surface area contributed by atoms with Crippen molar-refractivity contribution in [2.45, 2.75) is 71.8 Å². The molecule has 2 amide bonds. The number of hydrogen-bond acceptors (Lipinski definition) is 7. The van der Waals surface area contributed by atoms with Crippen LogP contribution in [0.1, 0.15) is 60.8 Å². The number of hydrogen-bond donors (Lipinski definition) is 1. The number of carbonyl (C=O) groups is 2. The lowest BCUT2D eigenvalue weighted by Crippen LogP contribution is -2.42. The first-order valence-electron chi connectivity index (χ1n) is 14.9. The first-order valence-corrected chi connectivity index (χ1v) is 14.9. The van der Waals surface area contributed by atoms with Gasteiger partial charge in [-0.1, -0.05) is 6.07 Å². The molecule has 230 valence electrons. The van der Waals surface area contributed by atoms with E-state index in [-0.39, 0.29) is 24.1 Å². The predicted octanol–water partition coefficient (Wildman–Crippen LogP) is 5.35. The molecule has 43 heavy (non-hydrogen) atoms. The molecular weight excluding hydrogens is 546 g/mol. The molecule has 10 nitrogen and oxygen atoms in total. The first-order chi connectivity index (χ1) is 20.4. The average Bonchev–Trinajstić information content (AvgIpc) is 3.71. The zero-order chi connectivity index (χ0) is 30.7. The number of likely N-dealkylation sites (tertiary alicyclic amines) is 1. The van der Waals surface area contributed by atoms with Crippen LogP contribution < -0.4 is 10.1 Å². The number of anilines is 1. The Labute approximate surface area is 253 Å². The highest BCUT2D eigenvalue weighted by atomic mass is 16.6. The first kappa shape index (κ1) is 30.6. The molecule has 2 atom stereocenters.